The molecule has 0 atom stereocenters. The monoisotopic (exact) mass is 278 g/mol. The highest BCUT2D eigenvalue weighted by atomic mass is 35.5. The van der Waals surface area contributed by atoms with Crippen molar-refractivity contribution in [2.24, 2.45) is 0 Å². The van der Waals surface area contributed by atoms with Gasteiger partial charge in [0.1, 0.15) is 12.4 Å². The first kappa shape index (κ1) is 13.6. The van der Waals surface area contributed by atoms with Crippen LogP contribution < -0.4 is 10.6 Å². The van der Waals surface area contributed by atoms with Crippen molar-refractivity contribution in [1.82, 2.24) is 14.9 Å². The summed E-state index contributed by atoms with van der Waals surface area (Å²) in [6.45, 7) is 0.862. The maximum Gasteiger partial charge on any atom is 0.244 e. The van der Waals surface area contributed by atoms with Crippen LogP contribution in [0.25, 0.3) is 0 Å². The Kier molecular flexibility index (Phi) is 4.54. The molecule has 0 aliphatic heterocycles. The molecule has 0 fully saturated rings. The lowest BCUT2D eigenvalue weighted by molar-refractivity contribution is -0.116. The minimum atomic E-state index is -0.0994. The summed E-state index contributed by atoms with van der Waals surface area (Å²) >= 11 is 5.79. The summed E-state index contributed by atoms with van der Waals surface area (Å²) in [7, 11) is 1.84. The Hall–Kier alpha value is -1.85. The lowest BCUT2D eigenvalue weighted by atomic mass is 10.3. The Bertz CT molecular complexity index is 550. The van der Waals surface area contributed by atoms with E-state index in [0.717, 1.165) is 11.5 Å². The van der Waals surface area contributed by atoms with Crippen molar-refractivity contribution in [3.05, 3.63) is 47.5 Å². The van der Waals surface area contributed by atoms with Gasteiger partial charge in [-0.2, -0.15) is 0 Å². The summed E-state index contributed by atoms with van der Waals surface area (Å²) in [6, 6.07) is 7.01. The van der Waals surface area contributed by atoms with E-state index in [1.807, 2.05) is 11.6 Å². The van der Waals surface area contributed by atoms with Gasteiger partial charge in [0.25, 0.3) is 0 Å². The zero-order valence-corrected chi connectivity index (χ0v) is 11.3. The highest BCUT2D eigenvalue weighted by Crippen LogP contribution is 2.13. The van der Waals surface area contributed by atoms with E-state index in [9.17, 15) is 4.79 Å². The van der Waals surface area contributed by atoms with Crippen LogP contribution in [0.5, 0.6) is 0 Å². The lowest BCUT2D eigenvalue weighted by Crippen LogP contribution is -2.21. The molecule has 6 heteroatoms. The first-order valence-corrected chi connectivity index (χ1v) is 6.27. The quantitative estimate of drug-likeness (QED) is 0.878. The Morgan fingerprint density at radius 2 is 2.11 bits per heavy atom. The Morgan fingerprint density at radius 1 is 1.37 bits per heavy atom. The molecule has 0 spiro atoms. The lowest BCUT2D eigenvalue weighted by Gasteiger charge is -2.08. The molecule has 1 aromatic carbocycles. The van der Waals surface area contributed by atoms with Gasteiger partial charge >= 0.3 is 0 Å². The fourth-order valence-corrected chi connectivity index (χ4v) is 1.82. The molecular formula is C13H15ClN4O. The number of rotatable bonds is 5. The number of anilines is 1. The van der Waals surface area contributed by atoms with E-state index in [4.69, 9.17) is 11.6 Å². The minimum Gasteiger partial charge on any atom is -0.325 e. The summed E-state index contributed by atoms with van der Waals surface area (Å²) in [5, 5.41) is 6.46. The molecule has 0 unspecified atom stereocenters. The number of aromatic nitrogens is 2. The van der Waals surface area contributed by atoms with E-state index in [2.05, 4.69) is 15.6 Å². The molecule has 100 valence electrons. The Labute approximate surface area is 116 Å². The van der Waals surface area contributed by atoms with Gasteiger partial charge in [-0.15, -0.1) is 0 Å². The maximum absolute atomic E-state index is 11.9. The molecule has 2 aromatic rings. The fourth-order valence-electron chi connectivity index (χ4n) is 1.70. The van der Waals surface area contributed by atoms with Gasteiger partial charge < -0.3 is 15.2 Å². The molecule has 0 aliphatic rings. The van der Waals surface area contributed by atoms with Crippen LogP contribution in [-0.4, -0.2) is 22.5 Å². The minimum absolute atomic E-state index is 0.0994. The molecule has 5 nitrogen and oxygen atoms in total. The molecule has 1 heterocycles. The number of carbonyl (C=O) groups is 1. The number of hydrogen-bond acceptors (Lipinski definition) is 3. The van der Waals surface area contributed by atoms with Gasteiger partial charge in [-0.1, -0.05) is 11.6 Å². The van der Waals surface area contributed by atoms with Gasteiger partial charge in [0, 0.05) is 23.1 Å². The third kappa shape index (κ3) is 3.81. The maximum atomic E-state index is 11.9. The number of nitrogens with zero attached hydrogens (tertiary/aromatic N) is 2. The predicted octanol–water partition coefficient (Wildman–Crippen LogP) is 1.89. The van der Waals surface area contributed by atoms with E-state index < -0.39 is 0 Å². The van der Waals surface area contributed by atoms with Crippen LogP contribution in [0.3, 0.4) is 0 Å². The van der Waals surface area contributed by atoms with Crippen LogP contribution in [0.2, 0.25) is 5.02 Å². The second kappa shape index (κ2) is 6.36. The van der Waals surface area contributed by atoms with Crippen LogP contribution in [0.15, 0.2) is 36.7 Å². The summed E-state index contributed by atoms with van der Waals surface area (Å²) in [4.78, 5) is 16.1. The predicted molar refractivity (Wildman–Crippen MR) is 75.1 cm³/mol. The van der Waals surface area contributed by atoms with Gasteiger partial charge in [0.2, 0.25) is 5.91 Å². The molecular weight excluding hydrogens is 264 g/mol. The number of carbonyl (C=O) groups excluding carboxylic acids is 1. The fraction of sp³-hybridized carbons (Fsp3) is 0.231. The second-order valence-electron chi connectivity index (χ2n) is 4.06. The summed E-state index contributed by atoms with van der Waals surface area (Å²) < 4.78 is 1.81. The molecule has 0 aliphatic carbocycles. The van der Waals surface area contributed by atoms with Crippen LogP contribution in [-0.2, 0) is 17.9 Å². The van der Waals surface area contributed by atoms with Crippen LogP contribution >= 0.6 is 11.6 Å². The van der Waals surface area contributed by atoms with Gasteiger partial charge in [-0.25, -0.2) is 4.98 Å². The number of nitrogens with one attached hydrogen (secondary N) is 2. The van der Waals surface area contributed by atoms with Gasteiger partial charge in [0.15, 0.2) is 0 Å². The number of imidazole rings is 1. The van der Waals surface area contributed by atoms with Crippen molar-refractivity contribution in [2.75, 3.05) is 12.4 Å². The van der Waals surface area contributed by atoms with Crippen molar-refractivity contribution >= 4 is 23.2 Å². The largest absolute Gasteiger partial charge is 0.325 e. The Balaban J connectivity index is 1.97. The number of hydrogen-bond donors (Lipinski definition) is 2. The molecule has 1 aromatic heterocycles. The van der Waals surface area contributed by atoms with Crippen LogP contribution in [0.1, 0.15) is 5.82 Å². The van der Waals surface area contributed by atoms with Gasteiger partial charge in [-0.3, -0.25) is 4.79 Å². The summed E-state index contributed by atoms with van der Waals surface area (Å²) in [5.74, 6) is 0.728. The SMILES string of the molecule is CNCc1nccn1CC(=O)Nc1ccc(Cl)cc1. The summed E-state index contributed by atoms with van der Waals surface area (Å²) in [6.07, 6.45) is 3.47. The van der Waals surface area contributed by atoms with E-state index in [0.29, 0.717) is 11.6 Å². The van der Waals surface area contributed by atoms with Crippen molar-refractivity contribution in [1.29, 1.82) is 0 Å². The molecule has 2 rings (SSSR count). The van der Waals surface area contributed by atoms with E-state index in [1.54, 1.807) is 36.7 Å². The highest BCUT2D eigenvalue weighted by Gasteiger charge is 2.07. The average molecular weight is 279 g/mol. The van der Waals surface area contributed by atoms with Gasteiger partial charge in [-0.05, 0) is 31.3 Å². The van der Waals surface area contributed by atoms with E-state index in [-0.39, 0.29) is 12.5 Å². The van der Waals surface area contributed by atoms with Gasteiger partial charge in [0.05, 0.1) is 6.54 Å². The second-order valence-corrected chi connectivity index (χ2v) is 4.49. The zero-order chi connectivity index (χ0) is 13.7. The van der Waals surface area contributed by atoms with Crippen molar-refractivity contribution < 1.29 is 4.79 Å². The highest BCUT2D eigenvalue weighted by molar-refractivity contribution is 6.30. The first-order chi connectivity index (χ1) is 9.19. The molecule has 1 amide bonds. The van der Waals surface area contributed by atoms with E-state index >= 15 is 0 Å². The van der Waals surface area contributed by atoms with E-state index in [1.165, 1.54) is 0 Å². The molecule has 0 saturated heterocycles. The topological polar surface area (TPSA) is 59.0 Å². The standard InChI is InChI=1S/C13H15ClN4O/c1-15-8-12-16-6-7-18(12)9-13(19)17-11-4-2-10(14)3-5-11/h2-7,15H,8-9H2,1H3,(H,17,19). The molecule has 2 N–H and O–H groups in total. The van der Waals surface area contributed by atoms with Crippen molar-refractivity contribution in [3.8, 4) is 0 Å². The van der Waals surface area contributed by atoms with Crippen LogP contribution in [0.4, 0.5) is 5.69 Å². The number of amides is 1. The average Bonchev–Trinajstić information content (AvgIpc) is 2.80. The third-order valence-corrected chi connectivity index (χ3v) is 2.83. The molecule has 0 saturated carbocycles. The number of benzene rings is 1. The summed E-state index contributed by atoms with van der Waals surface area (Å²) in [5.41, 5.74) is 0.727. The molecule has 0 radical (unpaired) electrons. The van der Waals surface area contributed by atoms with Crippen LogP contribution in [0, 0.1) is 0 Å². The molecule has 19 heavy (non-hydrogen) atoms. The zero-order valence-electron chi connectivity index (χ0n) is 10.6. The van der Waals surface area contributed by atoms with Crippen molar-refractivity contribution in [3.63, 3.8) is 0 Å². The van der Waals surface area contributed by atoms with Crippen molar-refractivity contribution in [2.45, 2.75) is 13.1 Å². The molecule has 0 bridgehead atoms. The number of halogens is 1. The normalized spacial score (nSPS) is 10.4. The Morgan fingerprint density at radius 3 is 2.79 bits per heavy atom. The smallest absolute Gasteiger partial charge is 0.244 e. The third-order valence-electron chi connectivity index (χ3n) is 2.58. The first-order valence-electron chi connectivity index (χ1n) is 5.89.